The van der Waals surface area contributed by atoms with Crippen LogP contribution < -0.4 is 5.32 Å². The summed E-state index contributed by atoms with van der Waals surface area (Å²) in [7, 11) is 0. The second-order valence-electron chi connectivity index (χ2n) is 3.74. The van der Waals surface area contributed by atoms with E-state index in [-0.39, 0.29) is 27.1 Å². The molecule has 2 rings (SSSR count). The Balaban J connectivity index is 2.30. The molecule has 1 aromatic heterocycles. The standard InChI is InChI=1S/C12H7Cl2N3O3/c13-8-4-7(5-9(14)6-8)12(18)16-11-10(17(19)20)2-1-3-15-11/h1-6H,(H,15,16,18). The van der Waals surface area contributed by atoms with Crippen molar-refractivity contribution in [3.05, 3.63) is 62.3 Å². The number of nitrogens with one attached hydrogen (secondary N) is 1. The van der Waals surface area contributed by atoms with Crippen LogP contribution in [0.2, 0.25) is 10.0 Å². The molecule has 102 valence electrons. The van der Waals surface area contributed by atoms with Crippen LogP contribution in [0.3, 0.4) is 0 Å². The third-order valence-electron chi connectivity index (χ3n) is 2.34. The van der Waals surface area contributed by atoms with Gasteiger partial charge in [-0.2, -0.15) is 0 Å². The van der Waals surface area contributed by atoms with Gasteiger partial charge in [0.25, 0.3) is 5.91 Å². The Labute approximate surface area is 123 Å². The minimum Gasteiger partial charge on any atom is -0.301 e. The van der Waals surface area contributed by atoms with Gasteiger partial charge in [-0.05, 0) is 24.3 Å². The van der Waals surface area contributed by atoms with E-state index in [4.69, 9.17) is 23.2 Å². The molecule has 8 heteroatoms. The molecule has 20 heavy (non-hydrogen) atoms. The van der Waals surface area contributed by atoms with Crippen LogP contribution in [0.1, 0.15) is 10.4 Å². The Morgan fingerprint density at radius 2 is 1.90 bits per heavy atom. The molecule has 0 atom stereocenters. The van der Waals surface area contributed by atoms with E-state index < -0.39 is 10.8 Å². The molecule has 0 spiro atoms. The number of halogens is 2. The highest BCUT2D eigenvalue weighted by Gasteiger charge is 2.17. The molecule has 0 aliphatic heterocycles. The molecule has 0 saturated heterocycles. The average Bonchev–Trinajstić information content (AvgIpc) is 2.37. The third-order valence-corrected chi connectivity index (χ3v) is 2.78. The first-order valence-electron chi connectivity index (χ1n) is 5.34. The van der Waals surface area contributed by atoms with Crippen LogP contribution in [-0.4, -0.2) is 15.8 Å². The number of aromatic nitrogens is 1. The zero-order chi connectivity index (χ0) is 14.7. The number of anilines is 1. The van der Waals surface area contributed by atoms with Gasteiger partial charge in [0, 0.05) is 27.9 Å². The normalized spacial score (nSPS) is 10.1. The van der Waals surface area contributed by atoms with Gasteiger partial charge in [-0.3, -0.25) is 14.9 Å². The van der Waals surface area contributed by atoms with Crippen molar-refractivity contribution in [3.63, 3.8) is 0 Å². The number of amides is 1. The van der Waals surface area contributed by atoms with E-state index in [1.165, 1.54) is 36.5 Å². The van der Waals surface area contributed by atoms with Crippen molar-refractivity contribution in [2.24, 2.45) is 0 Å². The number of nitro groups is 1. The third kappa shape index (κ3) is 3.23. The lowest BCUT2D eigenvalue weighted by atomic mass is 10.2. The highest BCUT2D eigenvalue weighted by Crippen LogP contribution is 2.23. The minimum atomic E-state index is -0.631. The first-order chi connectivity index (χ1) is 9.47. The Bertz CT molecular complexity index is 671. The average molecular weight is 312 g/mol. The Morgan fingerprint density at radius 1 is 1.25 bits per heavy atom. The van der Waals surface area contributed by atoms with Crippen molar-refractivity contribution in [2.75, 3.05) is 5.32 Å². The second kappa shape index (κ2) is 5.85. The molecular formula is C12H7Cl2N3O3. The molecule has 0 bridgehead atoms. The van der Waals surface area contributed by atoms with Crippen LogP contribution in [0, 0.1) is 10.1 Å². The molecule has 1 amide bonds. The molecule has 1 heterocycles. The number of benzene rings is 1. The maximum Gasteiger partial charge on any atom is 0.311 e. The maximum absolute atomic E-state index is 12.0. The molecule has 2 aromatic rings. The summed E-state index contributed by atoms with van der Waals surface area (Å²) in [5.74, 6) is -0.727. The van der Waals surface area contributed by atoms with Crippen molar-refractivity contribution in [1.29, 1.82) is 0 Å². The van der Waals surface area contributed by atoms with Crippen LogP contribution in [0.25, 0.3) is 0 Å². The van der Waals surface area contributed by atoms with Crippen LogP contribution in [-0.2, 0) is 0 Å². The predicted octanol–water partition coefficient (Wildman–Crippen LogP) is 3.55. The summed E-state index contributed by atoms with van der Waals surface area (Å²) in [5, 5.41) is 13.8. The molecular weight excluding hydrogens is 305 g/mol. The van der Waals surface area contributed by atoms with Crippen molar-refractivity contribution >= 4 is 40.6 Å². The van der Waals surface area contributed by atoms with Crippen LogP contribution in [0.4, 0.5) is 11.5 Å². The highest BCUT2D eigenvalue weighted by atomic mass is 35.5. The van der Waals surface area contributed by atoms with E-state index in [0.717, 1.165) is 0 Å². The van der Waals surface area contributed by atoms with E-state index in [1.54, 1.807) is 0 Å². The second-order valence-corrected chi connectivity index (χ2v) is 4.61. The Hall–Kier alpha value is -2.18. The van der Waals surface area contributed by atoms with E-state index in [9.17, 15) is 14.9 Å². The SMILES string of the molecule is O=C(Nc1ncccc1[N+](=O)[O-])c1cc(Cl)cc(Cl)c1. The van der Waals surface area contributed by atoms with Crippen molar-refractivity contribution in [2.45, 2.75) is 0 Å². The topological polar surface area (TPSA) is 85.1 Å². The van der Waals surface area contributed by atoms with Gasteiger partial charge < -0.3 is 5.32 Å². The molecule has 1 aromatic carbocycles. The lowest BCUT2D eigenvalue weighted by Crippen LogP contribution is -2.14. The zero-order valence-corrected chi connectivity index (χ0v) is 11.4. The minimum absolute atomic E-state index is 0.140. The Kier molecular flexibility index (Phi) is 4.16. The molecule has 6 nitrogen and oxygen atoms in total. The number of pyridine rings is 1. The van der Waals surface area contributed by atoms with Gasteiger partial charge in [0.2, 0.25) is 5.82 Å². The van der Waals surface area contributed by atoms with Gasteiger partial charge >= 0.3 is 5.69 Å². The molecule has 0 unspecified atom stereocenters. The first-order valence-corrected chi connectivity index (χ1v) is 6.10. The quantitative estimate of drug-likeness (QED) is 0.693. The summed E-state index contributed by atoms with van der Waals surface area (Å²) in [5.41, 5.74) is -0.114. The fraction of sp³-hybridized carbons (Fsp3) is 0. The summed E-state index contributed by atoms with van der Waals surface area (Å²) in [4.78, 5) is 26.0. The van der Waals surface area contributed by atoms with E-state index in [2.05, 4.69) is 10.3 Å². The van der Waals surface area contributed by atoms with E-state index in [0.29, 0.717) is 0 Å². The van der Waals surface area contributed by atoms with Crippen LogP contribution >= 0.6 is 23.2 Å². The lowest BCUT2D eigenvalue weighted by Gasteiger charge is -2.05. The number of hydrogen-bond acceptors (Lipinski definition) is 4. The molecule has 1 N–H and O–H groups in total. The van der Waals surface area contributed by atoms with Gasteiger partial charge in [0.05, 0.1) is 4.92 Å². The number of nitrogens with zero attached hydrogens (tertiary/aromatic N) is 2. The lowest BCUT2D eigenvalue weighted by molar-refractivity contribution is -0.384. The van der Waals surface area contributed by atoms with Crippen molar-refractivity contribution in [3.8, 4) is 0 Å². The fourth-order valence-electron chi connectivity index (χ4n) is 1.51. The number of carbonyl (C=O) groups is 1. The predicted molar refractivity (Wildman–Crippen MR) is 75.3 cm³/mol. The van der Waals surface area contributed by atoms with Gasteiger partial charge in [-0.15, -0.1) is 0 Å². The van der Waals surface area contributed by atoms with Gasteiger partial charge in [-0.25, -0.2) is 4.98 Å². The monoisotopic (exact) mass is 311 g/mol. The van der Waals surface area contributed by atoms with E-state index >= 15 is 0 Å². The Morgan fingerprint density at radius 3 is 2.50 bits per heavy atom. The van der Waals surface area contributed by atoms with Gasteiger partial charge in [-0.1, -0.05) is 23.2 Å². The molecule has 0 aliphatic carbocycles. The summed E-state index contributed by atoms with van der Waals surface area (Å²) < 4.78 is 0. The highest BCUT2D eigenvalue weighted by molar-refractivity contribution is 6.35. The van der Waals surface area contributed by atoms with Gasteiger partial charge in [0.1, 0.15) is 0 Å². The largest absolute Gasteiger partial charge is 0.311 e. The fourth-order valence-corrected chi connectivity index (χ4v) is 2.03. The zero-order valence-electron chi connectivity index (χ0n) is 9.84. The summed E-state index contributed by atoms with van der Waals surface area (Å²) in [6.45, 7) is 0. The maximum atomic E-state index is 12.0. The van der Waals surface area contributed by atoms with Crippen LogP contribution in [0.15, 0.2) is 36.5 Å². The number of hydrogen-bond donors (Lipinski definition) is 1. The van der Waals surface area contributed by atoms with Gasteiger partial charge in [0.15, 0.2) is 0 Å². The first kappa shape index (κ1) is 14.2. The summed E-state index contributed by atoms with van der Waals surface area (Å²) in [6, 6.07) is 6.93. The molecule has 0 aliphatic rings. The molecule has 0 saturated carbocycles. The number of carbonyl (C=O) groups excluding carboxylic acids is 1. The molecule has 0 fully saturated rings. The molecule has 0 radical (unpaired) electrons. The number of rotatable bonds is 3. The summed E-state index contributed by atoms with van der Waals surface area (Å²) in [6.07, 6.45) is 1.34. The van der Waals surface area contributed by atoms with Crippen molar-refractivity contribution in [1.82, 2.24) is 4.98 Å². The smallest absolute Gasteiger partial charge is 0.301 e. The van der Waals surface area contributed by atoms with Crippen LogP contribution in [0.5, 0.6) is 0 Å². The van der Waals surface area contributed by atoms with Crippen molar-refractivity contribution < 1.29 is 9.72 Å². The summed E-state index contributed by atoms with van der Waals surface area (Å²) >= 11 is 11.6. The van der Waals surface area contributed by atoms with E-state index in [1.807, 2.05) is 0 Å².